The third kappa shape index (κ3) is 3.91. The van der Waals surface area contributed by atoms with Crippen LogP contribution in [0.25, 0.3) is 0 Å². The van der Waals surface area contributed by atoms with E-state index < -0.39 is 0 Å². The number of carbonyl (C=O) groups is 1. The van der Waals surface area contributed by atoms with Crippen molar-refractivity contribution < 1.29 is 4.79 Å². The molecule has 106 valence electrons. The molecule has 1 heterocycles. The Morgan fingerprint density at radius 1 is 1.35 bits per heavy atom. The summed E-state index contributed by atoms with van der Waals surface area (Å²) in [7, 11) is 0. The van der Waals surface area contributed by atoms with Crippen LogP contribution in [0.15, 0.2) is 18.2 Å². The van der Waals surface area contributed by atoms with Gasteiger partial charge in [-0.2, -0.15) is 0 Å². The largest absolute Gasteiger partial charge is 0.296 e. The fourth-order valence-electron chi connectivity index (χ4n) is 1.57. The zero-order valence-corrected chi connectivity index (χ0v) is 13.3. The van der Waals surface area contributed by atoms with Crippen LogP contribution < -0.4 is 5.32 Å². The van der Waals surface area contributed by atoms with E-state index in [0.717, 1.165) is 11.4 Å². The van der Waals surface area contributed by atoms with E-state index in [4.69, 9.17) is 23.2 Å². The molecule has 1 aromatic heterocycles. The van der Waals surface area contributed by atoms with Crippen LogP contribution in [-0.2, 0) is 6.42 Å². The van der Waals surface area contributed by atoms with E-state index in [9.17, 15) is 4.79 Å². The van der Waals surface area contributed by atoms with Gasteiger partial charge in [-0.15, -0.1) is 10.2 Å². The number of hydrogen-bond acceptors (Lipinski definition) is 4. The summed E-state index contributed by atoms with van der Waals surface area (Å²) < 4.78 is 0. The molecule has 0 spiro atoms. The van der Waals surface area contributed by atoms with Gasteiger partial charge < -0.3 is 0 Å². The summed E-state index contributed by atoms with van der Waals surface area (Å²) in [5, 5.41) is 12.8. The zero-order chi connectivity index (χ0) is 14.7. The molecule has 0 unspecified atom stereocenters. The van der Waals surface area contributed by atoms with Gasteiger partial charge in [-0.05, 0) is 24.1 Å². The lowest BCUT2D eigenvalue weighted by Crippen LogP contribution is -2.12. The van der Waals surface area contributed by atoms with Crippen molar-refractivity contribution in [2.45, 2.75) is 20.3 Å². The second kappa shape index (κ2) is 6.52. The first-order chi connectivity index (χ1) is 9.45. The topological polar surface area (TPSA) is 54.9 Å². The molecular formula is C13H13Cl2N3OS. The van der Waals surface area contributed by atoms with Crippen LogP contribution in [0.1, 0.15) is 29.2 Å². The zero-order valence-electron chi connectivity index (χ0n) is 11.0. The highest BCUT2D eigenvalue weighted by atomic mass is 35.5. The Morgan fingerprint density at radius 2 is 2.10 bits per heavy atom. The van der Waals surface area contributed by atoms with Gasteiger partial charge in [0.1, 0.15) is 5.01 Å². The maximum atomic E-state index is 12.1. The highest BCUT2D eigenvalue weighted by Crippen LogP contribution is 2.23. The summed E-state index contributed by atoms with van der Waals surface area (Å²) in [6.07, 6.45) is 0.839. The quantitative estimate of drug-likeness (QED) is 0.909. The fourth-order valence-corrected chi connectivity index (χ4v) is 2.89. The molecule has 2 aromatic rings. The molecule has 1 amide bonds. The number of halogens is 2. The second-order valence-electron chi connectivity index (χ2n) is 4.68. The Kier molecular flexibility index (Phi) is 4.96. The van der Waals surface area contributed by atoms with Crippen molar-refractivity contribution in [3.63, 3.8) is 0 Å². The minimum Gasteiger partial charge on any atom is -0.296 e. The van der Waals surface area contributed by atoms with Crippen molar-refractivity contribution in [3.8, 4) is 0 Å². The third-order valence-corrected chi connectivity index (χ3v) is 3.87. The first-order valence-electron chi connectivity index (χ1n) is 6.04. The Balaban J connectivity index is 2.11. The van der Waals surface area contributed by atoms with E-state index in [1.807, 2.05) is 0 Å². The van der Waals surface area contributed by atoms with Crippen molar-refractivity contribution in [2.24, 2.45) is 5.92 Å². The molecule has 0 fully saturated rings. The lowest BCUT2D eigenvalue weighted by Gasteiger charge is -2.04. The number of carbonyl (C=O) groups excluding carboxylic acids is 1. The fraction of sp³-hybridized carbons (Fsp3) is 0.308. The van der Waals surface area contributed by atoms with E-state index >= 15 is 0 Å². The number of benzene rings is 1. The van der Waals surface area contributed by atoms with Crippen LogP contribution in [0.2, 0.25) is 10.0 Å². The standard InChI is InChI=1S/C13H13Cl2N3OS/c1-7(2)5-11-17-18-13(20-11)16-12(19)9-6-8(14)3-4-10(9)15/h3-4,6-7H,5H2,1-2H3,(H,16,18,19). The number of anilines is 1. The second-order valence-corrected chi connectivity index (χ2v) is 6.58. The molecule has 0 aliphatic carbocycles. The molecule has 7 heteroatoms. The predicted octanol–water partition coefficient (Wildman–Crippen LogP) is 4.30. The number of hydrogen-bond donors (Lipinski definition) is 1. The summed E-state index contributed by atoms with van der Waals surface area (Å²) in [5.41, 5.74) is 0.319. The van der Waals surface area contributed by atoms with E-state index in [1.165, 1.54) is 17.4 Å². The van der Waals surface area contributed by atoms with E-state index in [1.54, 1.807) is 12.1 Å². The number of nitrogens with zero attached hydrogens (tertiary/aromatic N) is 2. The molecule has 1 N–H and O–H groups in total. The SMILES string of the molecule is CC(C)Cc1nnc(NC(=O)c2cc(Cl)ccc2Cl)s1. The number of rotatable bonds is 4. The molecule has 0 saturated carbocycles. The van der Waals surface area contributed by atoms with Gasteiger partial charge in [0.15, 0.2) is 0 Å². The Bertz CT molecular complexity index is 628. The highest BCUT2D eigenvalue weighted by Gasteiger charge is 2.14. The molecule has 0 bridgehead atoms. The van der Waals surface area contributed by atoms with E-state index in [0.29, 0.717) is 26.7 Å². The molecule has 0 aliphatic heterocycles. The maximum absolute atomic E-state index is 12.1. The van der Waals surface area contributed by atoms with Crippen LogP contribution in [0.5, 0.6) is 0 Å². The minimum atomic E-state index is -0.343. The summed E-state index contributed by atoms with van der Waals surface area (Å²) in [5.74, 6) is 0.152. The molecule has 1 aromatic carbocycles. The average molecular weight is 330 g/mol. The average Bonchev–Trinajstić information content (AvgIpc) is 2.78. The predicted molar refractivity (Wildman–Crippen MR) is 82.9 cm³/mol. The van der Waals surface area contributed by atoms with E-state index in [2.05, 4.69) is 29.4 Å². The third-order valence-electron chi connectivity index (χ3n) is 2.44. The van der Waals surface area contributed by atoms with Gasteiger partial charge in [0.25, 0.3) is 5.91 Å². The Morgan fingerprint density at radius 3 is 2.80 bits per heavy atom. The van der Waals surface area contributed by atoms with Crippen LogP contribution in [-0.4, -0.2) is 16.1 Å². The van der Waals surface area contributed by atoms with Gasteiger partial charge in [-0.1, -0.05) is 48.4 Å². The summed E-state index contributed by atoms with van der Waals surface area (Å²) in [6.45, 7) is 4.21. The lowest BCUT2D eigenvalue weighted by molar-refractivity contribution is 0.102. The van der Waals surface area contributed by atoms with Crippen molar-refractivity contribution in [1.82, 2.24) is 10.2 Å². The monoisotopic (exact) mass is 329 g/mol. The van der Waals surface area contributed by atoms with Gasteiger partial charge in [0.2, 0.25) is 5.13 Å². The first kappa shape index (κ1) is 15.2. The molecule has 0 radical (unpaired) electrons. The number of nitrogens with one attached hydrogen (secondary N) is 1. The molecular weight excluding hydrogens is 317 g/mol. The van der Waals surface area contributed by atoms with Crippen molar-refractivity contribution in [3.05, 3.63) is 38.8 Å². The first-order valence-corrected chi connectivity index (χ1v) is 7.61. The van der Waals surface area contributed by atoms with Crippen LogP contribution in [0.4, 0.5) is 5.13 Å². The van der Waals surface area contributed by atoms with Gasteiger partial charge in [-0.25, -0.2) is 0 Å². The van der Waals surface area contributed by atoms with Crippen LogP contribution >= 0.6 is 34.5 Å². The lowest BCUT2D eigenvalue weighted by atomic mass is 10.1. The summed E-state index contributed by atoms with van der Waals surface area (Å²) in [6, 6.07) is 4.74. The molecule has 0 atom stereocenters. The normalized spacial score (nSPS) is 10.8. The van der Waals surface area contributed by atoms with Gasteiger partial charge in [-0.3, -0.25) is 10.1 Å². The minimum absolute atomic E-state index is 0.319. The molecule has 0 saturated heterocycles. The maximum Gasteiger partial charge on any atom is 0.259 e. The van der Waals surface area contributed by atoms with Gasteiger partial charge in [0.05, 0.1) is 10.6 Å². The van der Waals surface area contributed by atoms with Crippen molar-refractivity contribution in [1.29, 1.82) is 0 Å². The van der Waals surface area contributed by atoms with Crippen molar-refractivity contribution >= 4 is 45.6 Å². The molecule has 2 rings (SSSR count). The summed E-state index contributed by atoms with van der Waals surface area (Å²) >= 11 is 13.2. The Labute approximate surface area is 131 Å². The molecule has 4 nitrogen and oxygen atoms in total. The Hall–Kier alpha value is -1.17. The number of amides is 1. The van der Waals surface area contributed by atoms with Crippen LogP contribution in [0.3, 0.4) is 0 Å². The molecule has 20 heavy (non-hydrogen) atoms. The van der Waals surface area contributed by atoms with Crippen LogP contribution in [0, 0.1) is 5.92 Å². The smallest absolute Gasteiger partial charge is 0.259 e. The summed E-state index contributed by atoms with van der Waals surface area (Å²) in [4.78, 5) is 12.1. The highest BCUT2D eigenvalue weighted by molar-refractivity contribution is 7.15. The van der Waals surface area contributed by atoms with Gasteiger partial charge in [0, 0.05) is 11.4 Å². The van der Waals surface area contributed by atoms with Crippen molar-refractivity contribution in [2.75, 3.05) is 5.32 Å². The van der Waals surface area contributed by atoms with E-state index in [-0.39, 0.29) is 5.91 Å². The van der Waals surface area contributed by atoms with Gasteiger partial charge >= 0.3 is 0 Å². The molecule has 0 aliphatic rings. The number of aromatic nitrogens is 2.